The molecule has 0 bridgehead atoms. The molecule has 2 unspecified atom stereocenters. The average molecular weight is 433 g/mol. The third kappa shape index (κ3) is 4.95. The van der Waals surface area contributed by atoms with Crippen LogP contribution in [0.4, 0.5) is 0 Å². The topological polar surface area (TPSA) is 17.1 Å². The SMILES string of the molecule is C/C=C1\CC(C[Si](c2ccccc2)(c2ccccc2)C(C)(C)C)CC1C(=O)CCCC. The average Bonchev–Trinajstić information content (AvgIpc) is 3.19. The molecule has 0 N–H and O–H groups in total. The van der Waals surface area contributed by atoms with E-state index < -0.39 is 8.07 Å². The highest BCUT2D eigenvalue weighted by Gasteiger charge is 2.50. The molecule has 1 aliphatic carbocycles. The fourth-order valence-electron chi connectivity index (χ4n) is 5.83. The van der Waals surface area contributed by atoms with Crippen molar-refractivity contribution in [2.24, 2.45) is 11.8 Å². The molecule has 1 saturated carbocycles. The number of carbonyl (C=O) groups excluding carboxylic acids is 1. The largest absolute Gasteiger partial charge is 0.299 e. The first-order valence-corrected chi connectivity index (χ1v) is 14.3. The van der Waals surface area contributed by atoms with Crippen molar-refractivity contribution >= 4 is 24.2 Å². The van der Waals surface area contributed by atoms with Crippen molar-refractivity contribution in [3.05, 3.63) is 72.3 Å². The molecule has 2 atom stereocenters. The quantitative estimate of drug-likeness (QED) is 0.332. The summed E-state index contributed by atoms with van der Waals surface area (Å²) in [6, 6.07) is 23.7. The minimum atomic E-state index is -2.08. The summed E-state index contributed by atoms with van der Waals surface area (Å²) in [5.74, 6) is 1.20. The first-order chi connectivity index (χ1) is 14.8. The van der Waals surface area contributed by atoms with Gasteiger partial charge in [-0.15, -0.1) is 0 Å². The standard InChI is InChI=1S/C29H40OSi/c1-6-8-19-28(30)27-21-23(20-24(27)7-2)22-31(29(3,4)5,25-15-11-9-12-16-25)26-17-13-10-14-18-26/h7,9-18,23,27H,6,8,19-22H2,1-5H3/b24-7+. The molecule has 2 heteroatoms. The van der Waals surface area contributed by atoms with Gasteiger partial charge in [-0.2, -0.15) is 0 Å². The summed E-state index contributed by atoms with van der Waals surface area (Å²) in [4.78, 5) is 13.0. The monoisotopic (exact) mass is 432 g/mol. The lowest BCUT2D eigenvalue weighted by Gasteiger charge is -2.45. The molecule has 1 aliphatic rings. The summed E-state index contributed by atoms with van der Waals surface area (Å²) < 4.78 is 0. The van der Waals surface area contributed by atoms with Crippen molar-refractivity contribution in [3.8, 4) is 0 Å². The molecule has 2 aromatic carbocycles. The Labute approximate surface area is 191 Å². The molecule has 0 aromatic heterocycles. The summed E-state index contributed by atoms with van der Waals surface area (Å²) in [6.07, 6.45) is 7.21. The summed E-state index contributed by atoms with van der Waals surface area (Å²) >= 11 is 0. The number of unbranched alkanes of at least 4 members (excludes halogenated alkanes) is 1. The first-order valence-electron chi connectivity index (χ1n) is 12.1. The van der Waals surface area contributed by atoms with Crippen LogP contribution in [0.1, 0.15) is 66.7 Å². The van der Waals surface area contributed by atoms with Gasteiger partial charge >= 0.3 is 0 Å². The van der Waals surface area contributed by atoms with Gasteiger partial charge in [0.2, 0.25) is 0 Å². The van der Waals surface area contributed by atoms with Gasteiger partial charge in [-0.05, 0) is 43.2 Å². The van der Waals surface area contributed by atoms with E-state index in [0.29, 0.717) is 11.7 Å². The zero-order valence-electron chi connectivity index (χ0n) is 20.2. The van der Waals surface area contributed by atoms with Crippen LogP contribution in [0.5, 0.6) is 0 Å². The molecular formula is C29H40OSi. The van der Waals surface area contributed by atoms with Crippen LogP contribution < -0.4 is 10.4 Å². The van der Waals surface area contributed by atoms with Crippen LogP contribution in [0.15, 0.2) is 72.3 Å². The van der Waals surface area contributed by atoms with Gasteiger partial charge in [-0.25, -0.2) is 0 Å². The molecule has 0 amide bonds. The van der Waals surface area contributed by atoms with E-state index in [1.165, 1.54) is 22.0 Å². The van der Waals surface area contributed by atoms with Crippen LogP contribution in [0.25, 0.3) is 0 Å². The Morgan fingerprint density at radius 2 is 1.55 bits per heavy atom. The van der Waals surface area contributed by atoms with Gasteiger partial charge in [-0.3, -0.25) is 4.79 Å². The van der Waals surface area contributed by atoms with Crippen molar-refractivity contribution in [1.82, 2.24) is 0 Å². The van der Waals surface area contributed by atoms with E-state index in [9.17, 15) is 4.79 Å². The minimum Gasteiger partial charge on any atom is -0.299 e. The highest BCUT2D eigenvalue weighted by atomic mass is 28.3. The highest BCUT2D eigenvalue weighted by molar-refractivity contribution is 7.04. The molecule has 2 aromatic rings. The fourth-order valence-corrected chi connectivity index (χ4v) is 11.7. The van der Waals surface area contributed by atoms with Crippen LogP contribution in [-0.4, -0.2) is 13.9 Å². The van der Waals surface area contributed by atoms with Crippen molar-refractivity contribution in [2.45, 2.75) is 77.8 Å². The van der Waals surface area contributed by atoms with Gasteiger partial charge in [0.1, 0.15) is 13.9 Å². The first kappa shape index (κ1) is 23.7. The molecule has 0 radical (unpaired) electrons. The number of rotatable bonds is 8. The van der Waals surface area contributed by atoms with E-state index >= 15 is 0 Å². The van der Waals surface area contributed by atoms with Crippen LogP contribution >= 0.6 is 0 Å². The van der Waals surface area contributed by atoms with E-state index in [4.69, 9.17) is 0 Å². The van der Waals surface area contributed by atoms with Gasteiger partial charge in [0, 0.05) is 12.3 Å². The third-order valence-corrected chi connectivity index (χ3v) is 13.9. The van der Waals surface area contributed by atoms with Crippen LogP contribution in [0.3, 0.4) is 0 Å². The minimum absolute atomic E-state index is 0.153. The summed E-state index contributed by atoms with van der Waals surface area (Å²) in [7, 11) is -2.08. The summed E-state index contributed by atoms with van der Waals surface area (Å²) in [5, 5.41) is 3.23. The van der Waals surface area contributed by atoms with Crippen molar-refractivity contribution in [2.75, 3.05) is 0 Å². The molecule has 31 heavy (non-hydrogen) atoms. The van der Waals surface area contributed by atoms with Crippen molar-refractivity contribution in [1.29, 1.82) is 0 Å². The Bertz CT molecular complexity index is 836. The second-order valence-corrected chi connectivity index (χ2v) is 15.3. The Kier molecular flexibility index (Phi) is 7.75. The van der Waals surface area contributed by atoms with E-state index in [-0.39, 0.29) is 11.0 Å². The highest BCUT2D eigenvalue weighted by Crippen LogP contribution is 2.47. The molecule has 0 heterocycles. The summed E-state index contributed by atoms with van der Waals surface area (Å²) in [6.45, 7) is 11.6. The Morgan fingerprint density at radius 3 is 2.00 bits per heavy atom. The van der Waals surface area contributed by atoms with Gasteiger partial charge in [0.15, 0.2) is 0 Å². The number of benzene rings is 2. The number of ketones is 1. The van der Waals surface area contributed by atoms with E-state index in [1.807, 2.05) is 0 Å². The zero-order chi connectivity index (χ0) is 22.5. The molecular weight excluding hydrogens is 392 g/mol. The second-order valence-electron chi connectivity index (χ2n) is 10.4. The Balaban J connectivity index is 2.01. The number of Topliss-reactive ketones (excluding diaryl/α,β-unsaturated/α-hetero) is 1. The maximum Gasteiger partial charge on any atom is 0.140 e. The molecule has 3 rings (SSSR count). The van der Waals surface area contributed by atoms with Gasteiger partial charge in [-0.1, -0.05) is 117 Å². The van der Waals surface area contributed by atoms with Gasteiger partial charge < -0.3 is 0 Å². The number of carbonyl (C=O) groups is 1. The van der Waals surface area contributed by atoms with E-state index in [2.05, 4.69) is 101 Å². The second kappa shape index (κ2) is 10.1. The van der Waals surface area contributed by atoms with Crippen molar-refractivity contribution < 1.29 is 4.79 Å². The molecule has 0 saturated heterocycles. The van der Waals surface area contributed by atoms with Crippen LogP contribution in [0.2, 0.25) is 11.1 Å². The number of allylic oxidation sites excluding steroid dienone is 2. The fraction of sp³-hybridized carbons (Fsp3) is 0.483. The normalized spacial score (nSPS) is 20.9. The van der Waals surface area contributed by atoms with Crippen LogP contribution in [-0.2, 0) is 4.79 Å². The predicted molar refractivity (Wildman–Crippen MR) is 137 cm³/mol. The zero-order valence-corrected chi connectivity index (χ0v) is 21.2. The maximum atomic E-state index is 13.0. The maximum absolute atomic E-state index is 13.0. The molecule has 0 aliphatic heterocycles. The Morgan fingerprint density at radius 1 is 1.00 bits per heavy atom. The van der Waals surface area contributed by atoms with Gasteiger partial charge in [0.25, 0.3) is 0 Å². The lowest BCUT2D eigenvalue weighted by molar-refractivity contribution is -0.121. The lowest BCUT2D eigenvalue weighted by atomic mass is 9.94. The van der Waals surface area contributed by atoms with Gasteiger partial charge in [0.05, 0.1) is 0 Å². The summed E-state index contributed by atoms with van der Waals surface area (Å²) in [5.41, 5.74) is 1.39. The smallest absolute Gasteiger partial charge is 0.140 e. The molecule has 1 nitrogen and oxygen atoms in total. The molecule has 166 valence electrons. The predicted octanol–water partition coefficient (Wildman–Crippen LogP) is 6.78. The van der Waals surface area contributed by atoms with Crippen LogP contribution in [0, 0.1) is 11.8 Å². The molecule has 1 fully saturated rings. The molecule has 0 spiro atoms. The van der Waals surface area contributed by atoms with E-state index in [1.54, 1.807) is 0 Å². The van der Waals surface area contributed by atoms with E-state index in [0.717, 1.165) is 32.1 Å². The van der Waals surface area contributed by atoms with Crippen molar-refractivity contribution in [3.63, 3.8) is 0 Å². The lowest BCUT2D eigenvalue weighted by Crippen LogP contribution is -2.64. The number of hydrogen-bond acceptors (Lipinski definition) is 1. The Hall–Kier alpha value is -1.93. The number of hydrogen-bond donors (Lipinski definition) is 0. The third-order valence-electron chi connectivity index (χ3n) is 7.49.